The second kappa shape index (κ2) is 8.11. The van der Waals surface area contributed by atoms with Crippen molar-refractivity contribution in [1.29, 1.82) is 0 Å². The summed E-state index contributed by atoms with van der Waals surface area (Å²) in [4.78, 5) is 12.6. The van der Waals surface area contributed by atoms with E-state index in [1.165, 1.54) is 5.56 Å². The molecule has 2 aromatic carbocycles. The van der Waals surface area contributed by atoms with E-state index in [-0.39, 0.29) is 0 Å². The van der Waals surface area contributed by atoms with Crippen LogP contribution in [0.3, 0.4) is 0 Å². The number of fused-ring (bicyclic) bond motifs is 2. The van der Waals surface area contributed by atoms with Crippen LogP contribution in [0.5, 0.6) is 0 Å². The lowest BCUT2D eigenvalue weighted by atomic mass is 10.0. The van der Waals surface area contributed by atoms with E-state index in [2.05, 4.69) is 73.7 Å². The Hall–Kier alpha value is -4.10. The van der Waals surface area contributed by atoms with Crippen LogP contribution in [0.2, 0.25) is 0 Å². The van der Waals surface area contributed by atoms with Gasteiger partial charge in [0.05, 0.1) is 10.5 Å². The lowest BCUT2D eigenvalue weighted by Gasteiger charge is -2.04. The van der Waals surface area contributed by atoms with Gasteiger partial charge in [0.1, 0.15) is 5.65 Å². The van der Waals surface area contributed by atoms with E-state index in [0.29, 0.717) is 5.82 Å². The summed E-state index contributed by atoms with van der Waals surface area (Å²) in [6.07, 6.45) is 3.69. The molecule has 160 valence electrons. The number of rotatable bonds is 5. The molecule has 0 aliphatic heterocycles. The fourth-order valence-electron chi connectivity index (χ4n) is 4.02. The van der Waals surface area contributed by atoms with Gasteiger partial charge in [-0.3, -0.25) is 5.10 Å². The molecular weight excluding hydrogens is 428 g/mol. The number of H-pyrrole nitrogens is 2. The Balaban J connectivity index is 1.35. The highest BCUT2D eigenvalue weighted by molar-refractivity contribution is 7.98. The Morgan fingerprint density at radius 1 is 0.818 bits per heavy atom. The molecule has 0 spiro atoms. The molecule has 0 aliphatic carbocycles. The van der Waals surface area contributed by atoms with E-state index in [9.17, 15) is 0 Å². The quantitative estimate of drug-likeness (QED) is 0.279. The number of hydrogen-bond acceptors (Lipinski definition) is 5. The molecule has 7 heteroatoms. The van der Waals surface area contributed by atoms with Gasteiger partial charge in [-0.15, -0.1) is 11.8 Å². The predicted octanol–water partition coefficient (Wildman–Crippen LogP) is 6.04. The summed E-state index contributed by atoms with van der Waals surface area (Å²) in [5, 5.41) is 10.0. The number of aromatic nitrogens is 5. The minimum Gasteiger partial charge on any atom is -0.382 e. The zero-order valence-electron chi connectivity index (χ0n) is 17.6. The third-order valence-corrected chi connectivity index (χ3v) is 6.71. The van der Waals surface area contributed by atoms with Gasteiger partial charge in [-0.05, 0) is 53.1 Å². The Morgan fingerprint density at radius 3 is 2.61 bits per heavy atom. The van der Waals surface area contributed by atoms with Gasteiger partial charge < -0.3 is 10.7 Å². The van der Waals surface area contributed by atoms with Crippen LogP contribution < -0.4 is 5.73 Å². The van der Waals surface area contributed by atoms with Crippen LogP contribution in [-0.2, 0) is 5.75 Å². The second-order valence-electron chi connectivity index (χ2n) is 7.83. The molecule has 0 bridgehead atoms. The van der Waals surface area contributed by atoms with Crippen LogP contribution >= 0.6 is 11.8 Å². The summed E-state index contributed by atoms with van der Waals surface area (Å²) >= 11 is 1.73. The van der Waals surface area contributed by atoms with Gasteiger partial charge >= 0.3 is 0 Å². The smallest absolute Gasteiger partial charge is 0.153 e. The standard InChI is InChI=1S/C26H20N6S/c27-25-21-12-17(6-7-22(21)31-32-25)19-9-11-29-26-20(19)14-23(30-26)18-8-10-28-24(13-18)33-15-16-4-2-1-3-5-16/h1-14H,15H2,(H,29,30)(H3,27,31,32). The number of nitrogens with zero attached hydrogens (tertiary/aromatic N) is 3. The number of nitrogens with one attached hydrogen (secondary N) is 2. The first kappa shape index (κ1) is 19.6. The Bertz CT molecular complexity index is 1590. The molecule has 0 radical (unpaired) electrons. The largest absolute Gasteiger partial charge is 0.382 e. The summed E-state index contributed by atoms with van der Waals surface area (Å²) in [5.74, 6) is 1.39. The van der Waals surface area contributed by atoms with E-state index in [1.807, 2.05) is 36.7 Å². The van der Waals surface area contributed by atoms with Crippen molar-refractivity contribution in [2.75, 3.05) is 5.73 Å². The molecule has 0 aliphatic rings. The SMILES string of the molecule is Nc1n[nH]c2ccc(-c3ccnc4[nH]c(-c5ccnc(SCc6ccccc6)c5)cc34)cc12. The molecule has 0 saturated heterocycles. The average Bonchev–Trinajstić information content (AvgIpc) is 3.47. The molecular formula is C26H20N6S. The summed E-state index contributed by atoms with van der Waals surface area (Å²) in [5.41, 5.74) is 13.3. The normalized spacial score (nSPS) is 11.4. The van der Waals surface area contributed by atoms with Crippen LogP contribution in [0.25, 0.3) is 44.3 Å². The van der Waals surface area contributed by atoms with Crippen LogP contribution in [0.1, 0.15) is 5.56 Å². The van der Waals surface area contributed by atoms with Crippen LogP contribution in [0.4, 0.5) is 5.82 Å². The van der Waals surface area contributed by atoms with Crippen molar-refractivity contribution in [1.82, 2.24) is 25.1 Å². The average molecular weight is 449 g/mol. The maximum Gasteiger partial charge on any atom is 0.153 e. The molecule has 0 unspecified atom stereocenters. The second-order valence-corrected chi connectivity index (χ2v) is 8.83. The van der Waals surface area contributed by atoms with Crippen molar-refractivity contribution in [2.24, 2.45) is 0 Å². The number of thioether (sulfide) groups is 1. The Labute approximate surface area is 194 Å². The van der Waals surface area contributed by atoms with Crippen molar-refractivity contribution in [3.8, 4) is 22.4 Å². The third kappa shape index (κ3) is 3.72. The molecule has 33 heavy (non-hydrogen) atoms. The third-order valence-electron chi connectivity index (χ3n) is 5.71. The summed E-state index contributed by atoms with van der Waals surface area (Å²) in [6, 6.07) is 24.9. The number of nitrogen functional groups attached to an aromatic ring is 1. The maximum atomic E-state index is 6.02. The van der Waals surface area contributed by atoms with Crippen molar-refractivity contribution in [3.63, 3.8) is 0 Å². The molecule has 0 fully saturated rings. The van der Waals surface area contributed by atoms with E-state index >= 15 is 0 Å². The highest BCUT2D eigenvalue weighted by atomic mass is 32.2. The zero-order chi connectivity index (χ0) is 22.2. The molecule has 4 heterocycles. The van der Waals surface area contributed by atoms with Crippen molar-refractivity contribution >= 4 is 39.5 Å². The highest BCUT2D eigenvalue weighted by Gasteiger charge is 2.12. The molecule has 0 atom stereocenters. The number of benzene rings is 2. The molecule has 6 aromatic rings. The van der Waals surface area contributed by atoms with E-state index in [0.717, 1.165) is 55.1 Å². The summed E-state index contributed by atoms with van der Waals surface area (Å²) in [6.45, 7) is 0. The van der Waals surface area contributed by atoms with Crippen LogP contribution in [0.15, 0.2) is 90.2 Å². The van der Waals surface area contributed by atoms with Gasteiger partial charge in [0.25, 0.3) is 0 Å². The monoisotopic (exact) mass is 448 g/mol. The molecule has 4 N–H and O–H groups in total. The number of hydrogen-bond donors (Lipinski definition) is 3. The predicted molar refractivity (Wildman–Crippen MR) is 135 cm³/mol. The highest BCUT2D eigenvalue weighted by Crippen LogP contribution is 2.34. The summed E-state index contributed by atoms with van der Waals surface area (Å²) < 4.78 is 0. The van der Waals surface area contributed by atoms with Crippen LogP contribution in [-0.4, -0.2) is 25.1 Å². The molecule has 6 nitrogen and oxygen atoms in total. The Kier molecular flexibility index (Phi) is 4.81. The first-order chi connectivity index (χ1) is 16.2. The molecule has 4 aromatic heterocycles. The lowest BCUT2D eigenvalue weighted by molar-refractivity contribution is 1.13. The summed E-state index contributed by atoms with van der Waals surface area (Å²) in [7, 11) is 0. The minimum atomic E-state index is 0.504. The fourth-order valence-corrected chi connectivity index (χ4v) is 4.88. The maximum absolute atomic E-state index is 6.02. The fraction of sp³-hybridized carbons (Fsp3) is 0.0385. The van der Waals surface area contributed by atoms with Crippen molar-refractivity contribution in [3.05, 3.63) is 90.8 Å². The van der Waals surface area contributed by atoms with E-state index in [4.69, 9.17) is 5.73 Å². The molecule has 0 amide bonds. The van der Waals surface area contributed by atoms with Gasteiger partial charge in [-0.2, -0.15) is 5.10 Å². The Morgan fingerprint density at radius 2 is 1.70 bits per heavy atom. The van der Waals surface area contributed by atoms with Gasteiger partial charge in [-0.1, -0.05) is 36.4 Å². The number of anilines is 1. The number of aromatic amines is 2. The van der Waals surface area contributed by atoms with Crippen molar-refractivity contribution in [2.45, 2.75) is 10.8 Å². The van der Waals surface area contributed by atoms with Crippen LogP contribution in [0, 0.1) is 0 Å². The van der Waals surface area contributed by atoms with E-state index in [1.54, 1.807) is 11.8 Å². The van der Waals surface area contributed by atoms with Gasteiger partial charge in [0.15, 0.2) is 5.82 Å². The first-order valence-electron chi connectivity index (χ1n) is 10.6. The molecule has 0 saturated carbocycles. The van der Waals surface area contributed by atoms with Crippen molar-refractivity contribution < 1.29 is 0 Å². The number of pyridine rings is 2. The molecule has 6 rings (SSSR count). The van der Waals surface area contributed by atoms with Gasteiger partial charge in [0.2, 0.25) is 0 Å². The van der Waals surface area contributed by atoms with E-state index < -0.39 is 0 Å². The zero-order valence-corrected chi connectivity index (χ0v) is 18.4. The topological polar surface area (TPSA) is 96.3 Å². The first-order valence-corrected chi connectivity index (χ1v) is 11.6. The van der Waals surface area contributed by atoms with Gasteiger partial charge in [0, 0.05) is 40.2 Å². The minimum absolute atomic E-state index is 0.504. The van der Waals surface area contributed by atoms with Gasteiger partial charge in [-0.25, -0.2) is 9.97 Å². The number of nitrogens with two attached hydrogens (primary N) is 1. The lowest BCUT2D eigenvalue weighted by Crippen LogP contribution is -1.85.